The van der Waals surface area contributed by atoms with Gasteiger partial charge < -0.3 is 14.5 Å². The van der Waals surface area contributed by atoms with E-state index in [1.54, 1.807) is 35.9 Å². The molecule has 0 atom stereocenters. The Kier molecular flexibility index (Phi) is 6.34. The fourth-order valence-corrected chi connectivity index (χ4v) is 3.82. The van der Waals surface area contributed by atoms with Crippen LogP contribution < -0.4 is 9.64 Å². The molecule has 1 saturated heterocycles. The number of hydrogen-bond acceptors (Lipinski definition) is 7. The van der Waals surface area contributed by atoms with Gasteiger partial charge in [-0.1, -0.05) is 18.2 Å². The first-order valence-corrected chi connectivity index (χ1v) is 10.7. The van der Waals surface area contributed by atoms with Gasteiger partial charge in [-0.3, -0.25) is 4.79 Å². The topological polar surface area (TPSA) is 71.5 Å². The minimum absolute atomic E-state index is 0.00596. The number of carbonyl (C=O) groups excluding carboxylic acids is 1. The standard InChI is InChI=1S/C22H23N5O2S/c1-17-25-19(16-30-17)15-29-20-6-3-2-5-18(20)7-8-21(28)26-11-13-27(14-12-26)22-23-9-4-10-24-22/h2-10,16H,11-15H2,1H3/b8-7+. The monoisotopic (exact) mass is 421 g/mol. The lowest BCUT2D eigenvalue weighted by atomic mass is 10.2. The molecule has 1 aromatic carbocycles. The molecule has 0 spiro atoms. The molecule has 0 unspecified atom stereocenters. The van der Waals surface area contributed by atoms with Gasteiger partial charge in [0.05, 0.1) is 10.7 Å². The Morgan fingerprint density at radius 2 is 1.90 bits per heavy atom. The summed E-state index contributed by atoms with van der Waals surface area (Å²) >= 11 is 1.61. The first kappa shape index (κ1) is 20.0. The molecule has 2 aromatic heterocycles. The molecule has 1 aliphatic rings. The summed E-state index contributed by atoms with van der Waals surface area (Å²) in [6.07, 6.45) is 6.90. The van der Waals surface area contributed by atoms with Crippen LogP contribution in [0.2, 0.25) is 0 Å². The third-order valence-corrected chi connectivity index (χ3v) is 5.62. The van der Waals surface area contributed by atoms with Gasteiger partial charge in [-0.2, -0.15) is 0 Å². The molecular formula is C22H23N5O2S. The molecule has 8 heteroatoms. The van der Waals surface area contributed by atoms with Crippen molar-refractivity contribution in [1.29, 1.82) is 0 Å². The Morgan fingerprint density at radius 3 is 2.63 bits per heavy atom. The van der Waals surface area contributed by atoms with Crippen molar-refractivity contribution in [2.75, 3.05) is 31.1 Å². The predicted octanol–water partition coefficient (Wildman–Crippen LogP) is 3.18. The zero-order valence-corrected chi connectivity index (χ0v) is 17.6. The van der Waals surface area contributed by atoms with Crippen molar-refractivity contribution in [3.8, 4) is 5.75 Å². The lowest BCUT2D eigenvalue weighted by Gasteiger charge is -2.34. The number of carbonyl (C=O) groups is 1. The number of rotatable bonds is 6. The molecular weight excluding hydrogens is 398 g/mol. The Bertz CT molecular complexity index is 1010. The first-order valence-electron chi connectivity index (χ1n) is 9.81. The first-order chi connectivity index (χ1) is 14.7. The Morgan fingerprint density at radius 1 is 1.13 bits per heavy atom. The van der Waals surface area contributed by atoms with Crippen molar-refractivity contribution in [3.63, 3.8) is 0 Å². The SMILES string of the molecule is Cc1nc(COc2ccccc2/C=C/C(=O)N2CCN(c3ncccn3)CC2)cs1. The number of thiazole rings is 1. The minimum Gasteiger partial charge on any atom is -0.487 e. The molecule has 30 heavy (non-hydrogen) atoms. The van der Waals surface area contributed by atoms with Gasteiger partial charge in [0.25, 0.3) is 0 Å². The Balaban J connectivity index is 1.34. The zero-order valence-electron chi connectivity index (χ0n) is 16.8. The fraction of sp³-hybridized carbons (Fsp3) is 0.273. The highest BCUT2D eigenvalue weighted by molar-refractivity contribution is 7.09. The summed E-state index contributed by atoms with van der Waals surface area (Å²) in [7, 11) is 0. The number of benzene rings is 1. The van der Waals surface area contributed by atoms with Crippen LogP contribution in [-0.4, -0.2) is 51.9 Å². The van der Waals surface area contributed by atoms with Gasteiger partial charge in [0.2, 0.25) is 11.9 Å². The van der Waals surface area contributed by atoms with Crippen LogP contribution in [0.3, 0.4) is 0 Å². The van der Waals surface area contributed by atoms with E-state index in [1.165, 1.54) is 0 Å². The van der Waals surface area contributed by atoms with E-state index in [-0.39, 0.29) is 5.91 Å². The summed E-state index contributed by atoms with van der Waals surface area (Å²) in [5.74, 6) is 1.44. The molecule has 1 amide bonds. The van der Waals surface area contributed by atoms with Crippen molar-refractivity contribution >= 4 is 29.3 Å². The van der Waals surface area contributed by atoms with E-state index >= 15 is 0 Å². The number of piperazine rings is 1. The average Bonchev–Trinajstić information content (AvgIpc) is 3.22. The lowest BCUT2D eigenvalue weighted by molar-refractivity contribution is -0.126. The number of aromatic nitrogens is 3. The van der Waals surface area contributed by atoms with E-state index in [0.717, 1.165) is 35.1 Å². The number of anilines is 1. The summed E-state index contributed by atoms with van der Waals surface area (Å²) in [5.41, 5.74) is 1.78. The smallest absolute Gasteiger partial charge is 0.246 e. The minimum atomic E-state index is -0.00596. The van der Waals surface area contributed by atoms with E-state index in [2.05, 4.69) is 19.9 Å². The highest BCUT2D eigenvalue weighted by atomic mass is 32.1. The maximum atomic E-state index is 12.6. The summed E-state index contributed by atoms with van der Waals surface area (Å²) in [6.45, 7) is 5.11. The molecule has 0 N–H and O–H groups in total. The van der Waals surface area contributed by atoms with Crippen LogP contribution in [0.5, 0.6) is 5.75 Å². The van der Waals surface area contributed by atoms with Crippen LogP contribution in [0.15, 0.2) is 54.2 Å². The van der Waals surface area contributed by atoms with Crippen LogP contribution in [-0.2, 0) is 11.4 Å². The summed E-state index contributed by atoms with van der Waals surface area (Å²) < 4.78 is 5.92. The Hall–Kier alpha value is -3.26. The van der Waals surface area contributed by atoms with E-state index < -0.39 is 0 Å². The summed E-state index contributed by atoms with van der Waals surface area (Å²) in [4.78, 5) is 29.6. The molecule has 0 radical (unpaired) electrons. The van der Waals surface area contributed by atoms with Gasteiger partial charge in [-0.15, -0.1) is 11.3 Å². The maximum absolute atomic E-state index is 12.6. The van der Waals surface area contributed by atoms with Crippen LogP contribution in [0, 0.1) is 6.92 Å². The lowest BCUT2D eigenvalue weighted by Crippen LogP contribution is -2.48. The van der Waals surface area contributed by atoms with Gasteiger partial charge in [-0.05, 0) is 25.1 Å². The molecule has 7 nitrogen and oxygen atoms in total. The average molecular weight is 422 g/mol. The summed E-state index contributed by atoms with van der Waals surface area (Å²) in [5, 5.41) is 3.02. The van der Waals surface area contributed by atoms with Crippen LogP contribution in [0.25, 0.3) is 6.08 Å². The molecule has 154 valence electrons. The normalized spacial score (nSPS) is 14.3. The predicted molar refractivity (Wildman–Crippen MR) is 117 cm³/mol. The van der Waals surface area contributed by atoms with Gasteiger partial charge in [0, 0.05) is 55.6 Å². The van der Waals surface area contributed by atoms with Crippen molar-refractivity contribution in [1.82, 2.24) is 19.9 Å². The van der Waals surface area contributed by atoms with Crippen LogP contribution in [0.4, 0.5) is 5.95 Å². The zero-order chi connectivity index (χ0) is 20.8. The second-order valence-corrected chi connectivity index (χ2v) is 7.94. The molecule has 0 saturated carbocycles. The quantitative estimate of drug-likeness (QED) is 0.570. The molecule has 3 aromatic rings. The van der Waals surface area contributed by atoms with E-state index in [4.69, 9.17) is 4.74 Å². The van der Waals surface area contributed by atoms with Crippen molar-refractivity contribution in [3.05, 3.63) is 70.4 Å². The van der Waals surface area contributed by atoms with Crippen molar-refractivity contribution in [2.24, 2.45) is 0 Å². The van der Waals surface area contributed by atoms with Crippen LogP contribution in [0.1, 0.15) is 16.3 Å². The number of para-hydroxylation sites is 1. The van der Waals surface area contributed by atoms with Gasteiger partial charge in [0.15, 0.2) is 0 Å². The van der Waals surface area contributed by atoms with E-state index in [9.17, 15) is 4.79 Å². The third kappa shape index (κ3) is 5.01. The number of aryl methyl sites for hydroxylation is 1. The third-order valence-electron chi connectivity index (χ3n) is 4.79. The number of nitrogens with zero attached hydrogens (tertiary/aromatic N) is 5. The highest BCUT2D eigenvalue weighted by Crippen LogP contribution is 2.21. The van der Waals surface area contributed by atoms with Gasteiger partial charge in [0.1, 0.15) is 12.4 Å². The highest BCUT2D eigenvalue weighted by Gasteiger charge is 2.21. The van der Waals surface area contributed by atoms with Gasteiger partial charge in [-0.25, -0.2) is 15.0 Å². The largest absolute Gasteiger partial charge is 0.487 e. The molecule has 0 bridgehead atoms. The molecule has 1 fully saturated rings. The molecule has 4 rings (SSSR count). The van der Waals surface area contributed by atoms with Crippen molar-refractivity contribution < 1.29 is 9.53 Å². The molecule has 0 aliphatic carbocycles. The fourth-order valence-electron chi connectivity index (χ4n) is 3.22. The second-order valence-electron chi connectivity index (χ2n) is 6.88. The van der Waals surface area contributed by atoms with Crippen molar-refractivity contribution in [2.45, 2.75) is 13.5 Å². The van der Waals surface area contributed by atoms with E-state index in [0.29, 0.717) is 25.6 Å². The Labute approximate surface area is 179 Å². The summed E-state index contributed by atoms with van der Waals surface area (Å²) in [6, 6.07) is 9.50. The number of ether oxygens (including phenoxy) is 1. The second kappa shape index (κ2) is 9.49. The number of hydrogen-bond donors (Lipinski definition) is 0. The van der Waals surface area contributed by atoms with Gasteiger partial charge >= 0.3 is 0 Å². The van der Waals surface area contributed by atoms with E-state index in [1.807, 2.05) is 47.5 Å². The van der Waals surface area contributed by atoms with Crippen LogP contribution >= 0.6 is 11.3 Å². The molecule has 3 heterocycles. The number of amides is 1. The maximum Gasteiger partial charge on any atom is 0.246 e. The molecule has 1 aliphatic heterocycles.